The van der Waals surface area contributed by atoms with Crippen molar-refractivity contribution >= 4 is 17.4 Å². The van der Waals surface area contributed by atoms with Gasteiger partial charge in [-0.05, 0) is 17.5 Å². The quantitative estimate of drug-likeness (QED) is 0.716. The summed E-state index contributed by atoms with van der Waals surface area (Å²) in [4.78, 5) is 6.30. The molecule has 0 amide bonds. The van der Waals surface area contributed by atoms with Gasteiger partial charge in [-0.1, -0.05) is 19.9 Å². The van der Waals surface area contributed by atoms with Gasteiger partial charge in [0.1, 0.15) is 5.82 Å². The highest BCUT2D eigenvalue weighted by molar-refractivity contribution is 6.20. The predicted octanol–water partition coefficient (Wildman–Crippen LogP) is 3.08. The fourth-order valence-corrected chi connectivity index (χ4v) is 1.34. The monoisotopic (exact) mass is 212 g/mol. The van der Waals surface area contributed by atoms with Gasteiger partial charge in [0.15, 0.2) is 0 Å². The maximum atomic E-state index is 6.22. The molecule has 14 heavy (non-hydrogen) atoms. The molecule has 78 valence electrons. The second-order valence-corrected chi connectivity index (χ2v) is 4.46. The SMILES string of the molecule is CC(C)C(Cl)c1ccc(N(C)C)nc1. The Bertz CT molecular complexity index is 280. The molecule has 3 heteroatoms. The van der Waals surface area contributed by atoms with E-state index in [2.05, 4.69) is 18.8 Å². The van der Waals surface area contributed by atoms with Crippen LogP contribution in [0, 0.1) is 5.92 Å². The summed E-state index contributed by atoms with van der Waals surface area (Å²) in [5, 5.41) is 0.0544. The first-order chi connectivity index (χ1) is 6.52. The molecule has 0 aliphatic carbocycles. The Balaban J connectivity index is 2.83. The van der Waals surface area contributed by atoms with Crippen LogP contribution in [0.2, 0.25) is 0 Å². The molecular weight excluding hydrogens is 196 g/mol. The van der Waals surface area contributed by atoms with Crippen LogP contribution in [0.15, 0.2) is 18.3 Å². The number of halogens is 1. The van der Waals surface area contributed by atoms with Crippen LogP contribution in [0.25, 0.3) is 0 Å². The molecule has 2 nitrogen and oxygen atoms in total. The summed E-state index contributed by atoms with van der Waals surface area (Å²) in [5.41, 5.74) is 1.09. The number of nitrogens with zero attached hydrogens (tertiary/aromatic N) is 2. The van der Waals surface area contributed by atoms with Gasteiger partial charge in [-0.15, -0.1) is 11.6 Å². The van der Waals surface area contributed by atoms with Crippen LogP contribution in [0.4, 0.5) is 5.82 Å². The molecule has 0 aliphatic heterocycles. The van der Waals surface area contributed by atoms with Crippen molar-refractivity contribution in [1.82, 2.24) is 4.98 Å². The zero-order chi connectivity index (χ0) is 10.7. The van der Waals surface area contributed by atoms with E-state index in [4.69, 9.17) is 11.6 Å². The van der Waals surface area contributed by atoms with E-state index in [0.717, 1.165) is 11.4 Å². The summed E-state index contributed by atoms with van der Waals surface area (Å²) in [6, 6.07) is 4.03. The molecule has 1 atom stereocenters. The van der Waals surface area contributed by atoms with Gasteiger partial charge in [0.05, 0.1) is 5.38 Å². The topological polar surface area (TPSA) is 16.1 Å². The molecule has 1 aromatic heterocycles. The fraction of sp³-hybridized carbons (Fsp3) is 0.545. The van der Waals surface area contributed by atoms with E-state index in [9.17, 15) is 0 Å². The van der Waals surface area contributed by atoms with Gasteiger partial charge >= 0.3 is 0 Å². The molecule has 0 aliphatic rings. The molecule has 0 saturated carbocycles. The Morgan fingerprint density at radius 1 is 1.29 bits per heavy atom. The highest BCUT2D eigenvalue weighted by Crippen LogP contribution is 2.28. The Kier molecular flexibility index (Phi) is 3.76. The van der Waals surface area contributed by atoms with E-state index in [-0.39, 0.29) is 5.38 Å². The number of aromatic nitrogens is 1. The highest BCUT2D eigenvalue weighted by atomic mass is 35.5. The maximum absolute atomic E-state index is 6.22. The highest BCUT2D eigenvalue weighted by Gasteiger charge is 2.12. The first-order valence-electron chi connectivity index (χ1n) is 4.79. The minimum atomic E-state index is 0.0544. The standard InChI is InChI=1S/C11H17ClN2/c1-8(2)11(12)9-5-6-10(13-7-9)14(3)4/h5-8,11H,1-4H3. The van der Waals surface area contributed by atoms with Gasteiger partial charge in [-0.2, -0.15) is 0 Å². The summed E-state index contributed by atoms with van der Waals surface area (Å²) < 4.78 is 0. The van der Waals surface area contributed by atoms with Gasteiger partial charge in [0.2, 0.25) is 0 Å². The number of rotatable bonds is 3. The van der Waals surface area contributed by atoms with Crippen molar-refractivity contribution in [3.8, 4) is 0 Å². The molecule has 1 unspecified atom stereocenters. The summed E-state index contributed by atoms with van der Waals surface area (Å²) in [5.74, 6) is 1.39. The van der Waals surface area contributed by atoms with E-state index < -0.39 is 0 Å². The number of anilines is 1. The van der Waals surface area contributed by atoms with Crippen LogP contribution < -0.4 is 4.90 Å². The zero-order valence-electron chi connectivity index (χ0n) is 9.16. The van der Waals surface area contributed by atoms with Gasteiger partial charge < -0.3 is 4.90 Å². The van der Waals surface area contributed by atoms with Crippen molar-refractivity contribution in [3.63, 3.8) is 0 Å². The second-order valence-electron chi connectivity index (χ2n) is 3.99. The van der Waals surface area contributed by atoms with Crippen LogP contribution in [-0.2, 0) is 0 Å². The largest absolute Gasteiger partial charge is 0.363 e. The van der Waals surface area contributed by atoms with Crippen molar-refractivity contribution in [1.29, 1.82) is 0 Å². The summed E-state index contributed by atoms with van der Waals surface area (Å²) in [6.45, 7) is 4.22. The molecule has 0 bridgehead atoms. The van der Waals surface area contributed by atoms with Gasteiger partial charge in [-0.3, -0.25) is 0 Å². The molecule has 0 aromatic carbocycles. The number of hydrogen-bond donors (Lipinski definition) is 0. The minimum absolute atomic E-state index is 0.0544. The Morgan fingerprint density at radius 2 is 1.93 bits per heavy atom. The van der Waals surface area contributed by atoms with Crippen LogP contribution in [0.1, 0.15) is 24.8 Å². The summed E-state index contributed by atoms with van der Waals surface area (Å²) >= 11 is 6.22. The van der Waals surface area contributed by atoms with Crippen molar-refractivity contribution in [2.45, 2.75) is 19.2 Å². The molecule has 0 saturated heterocycles. The smallest absolute Gasteiger partial charge is 0.127 e. The minimum Gasteiger partial charge on any atom is -0.363 e. The predicted molar refractivity (Wildman–Crippen MR) is 62.0 cm³/mol. The van der Waals surface area contributed by atoms with Crippen molar-refractivity contribution in [3.05, 3.63) is 23.9 Å². The number of alkyl halides is 1. The molecular formula is C11H17ClN2. The lowest BCUT2D eigenvalue weighted by atomic mass is 10.0. The second kappa shape index (κ2) is 4.65. The molecule has 0 N–H and O–H groups in total. The average molecular weight is 213 g/mol. The zero-order valence-corrected chi connectivity index (χ0v) is 9.92. The molecule has 1 rings (SSSR count). The lowest BCUT2D eigenvalue weighted by molar-refractivity contribution is 0.622. The first-order valence-corrected chi connectivity index (χ1v) is 5.23. The molecule has 0 radical (unpaired) electrons. The fourth-order valence-electron chi connectivity index (χ4n) is 1.21. The average Bonchev–Trinajstić information content (AvgIpc) is 2.16. The van der Waals surface area contributed by atoms with Gasteiger partial charge in [-0.25, -0.2) is 4.98 Å². The van der Waals surface area contributed by atoms with Crippen LogP contribution in [0.3, 0.4) is 0 Å². The van der Waals surface area contributed by atoms with Crippen molar-refractivity contribution in [2.75, 3.05) is 19.0 Å². The Hall–Kier alpha value is -0.760. The van der Waals surface area contributed by atoms with E-state index >= 15 is 0 Å². The van der Waals surface area contributed by atoms with E-state index in [1.165, 1.54) is 0 Å². The molecule has 1 aromatic rings. The number of pyridine rings is 1. The Labute approximate surface area is 90.9 Å². The van der Waals surface area contributed by atoms with Crippen LogP contribution >= 0.6 is 11.6 Å². The van der Waals surface area contributed by atoms with Gasteiger partial charge in [0, 0.05) is 20.3 Å². The third kappa shape index (κ3) is 2.61. The summed E-state index contributed by atoms with van der Waals surface area (Å²) in [6.07, 6.45) is 1.85. The maximum Gasteiger partial charge on any atom is 0.127 e. The molecule has 0 spiro atoms. The number of hydrogen-bond acceptors (Lipinski definition) is 2. The molecule has 1 heterocycles. The Morgan fingerprint density at radius 3 is 2.29 bits per heavy atom. The van der Waals surface area contributed by atoms with E-state index in [1.807, 2.05) is 37.3 Å². The third-order valence-corrected chi connectivity index (χ3v) is 2.89. The van der Waals surface area contributed by atoms with E-state index in [0.29, 0.717) is 5.92 Å². The molecule has 0 fully saturated rings. The normalized spacial score (nSPS) is 13.0. The lowest BCUT2D eigenvalue weighted by Crippen LogP contribution is -2.10. The third-order valence-electron chi connectivity index (χ3n) is 2.13. The van der Waals surface area contributed by atoms with Crippen molar-refractivity contribution < 1.29 is 0 Å². The first kappa shape index (κ1) is 11.3. The van der Waals surface area contributed by atoms with Crippen LogP contribution in [-0.4, -0.2) is 19.1 Å². The lowest BCUT2D eigenvalue weighted by Gasteiger charge is -2.15. The van der Waals surface area contributed by atoms with E-state index in [1.54, 1.807) is 0 Å². The van der Waals surface area contributed by atoms with Gasteiger partial charge in [0.25, 0.3) is 0 Å². The van der Waals surface area contributed by atoms with Crippen LogP contribution in [0.5, 0.6) is 0 Å². The van der Waals surface area contributed by atoms with Crippen molar-refractivity contribution in [2.24, 2.45) is 5.92 Å². The summed E-state index contributed by atoms with van der Waals surface area (Å²) in [7, 11) is 3.95.